The molecule has 0 unspecified atom stereocenters. The summed E-state index contributed by atoms with van der Waals surface area (Å²) in [5.74, 6) is 0.830. The Morgan fingerprint density at radius 3 is 2.95 bits per heavy atom. The van der Waals surface area contributed by atoms with Crippen LogP contribution in [0.1, 0.15) is 35.9 Å². The molecule has 1 aliphatic rings. The summed E-state index contributed by atoms with van der Waals surface area (Å²) in [4.78, 5) is 14.4. The minimum atomic E-state index is 0.0391. The van der Waals surface area contributed by atoms with Crippen molar-refractivity contribution >= 4 is 17.5 Å². The van der Waals surface area contributed by atoms with Gasteiger partial charge in [-0.3, -0.25) is 9.48 Å². The molecular weight excluding hydrogens is 292 g/mol. The van der Waals surface area contributed by atoms with Gasteiger partial charge >= 0.3 is 0 Å². The lowest BCUT2D eigenvalue weighted by molar-refractivity contribution is -0.133. The van der Waals surface area contributed by atoms with Crippen molar-refractivity contribution in [3.63, 3.8) is 0 Å². The van der Waals surface area contributed by atoms with Crippen LogP contribution < -0.4 is 0 Å². The maximum absolute atomic E-state index is 12.5. The van der Waals surface area contributed by atoms with Gasteiger partial charge in [0, 0.05) is 18.3 Å². The van der Waals surface area contributed by atoms with Gasteiger partial charge in [-0.05, 0) is 26.7 Å². The molecule has 0 aromatic carbocycles. The van der Waals surface area contributed by atoms with Crippen LogP contribution in [0.25, 0.3) is 0 Å². The van der Waals surface area contributed by atoms with Gasteiger partial charge < -0.3 is 9.42 Å². The molecule has 3 heterocycles. The van der Waals surface area contributed by atoms with E-state index < -0.39 is 0 Å². The number of hydrogen-bond donors (Lipinski definition) is 0. The van der Waals surface area contributed by atoms with Crippen molar-refractivity contribution in [1.29, 1.82) is 0 Å². The van der Waals surface area contributed by atoms with Gasteiger partial charge in [-0.15, -0.1) is 0 Å². The summed E-state index contributed by atoms with van der Waals surface area (Å²) in [6.07, 6.45) is 5.11. The van der Waals surface area contributed by atoms with E-state index in [4.69, 9.17) is 16.1 Å². The topological polar surface area (TPSA) is 64.2 Å². The molecule has 1 atom stereocenters. The van der Waals surface area contributed by atoms with Gasteiger partial charge in [0.2, 0.25) is 5.91 Å². The summed E-state index contributed by atoms with van der Waals surface area (Å²) in [6, 6.07) is 0.0507. The third-order valence-corrected chi connectivity index (χ3v) is 4.09. The Morgan fingerprint density at radius 1 is 1.52 bits per heavy atom. The van der Waals surface area contributed by atoms with E-state index in [2.05, 4.69) is 10.3 Å². The first-order valence-corrected chi connectivity index (χ1v) is 7.34. The number of carbonyl (C=O) groups excluding carboxylic acids is 1. The van der Waals surface area contributed by atoms with E-state index in [0.717, 1.165) is 36.4 Å². The van der Waals surface area contributed by atoms with E-state index in [-0.39, 0.29) is 18.5 Å². The number of hydrogen-bond acceptors (Lipinski definition) is 4. The van der Waals surface area contributed by atoms with Gasteiger partial charge in [-0.25, -0.2) is 0 Å². The smallest absolute Gasteiger partial charge is 0.244 e. The van der Waals surface area contributed by atoms with Crippen LogP contribution in [0.4, 0.5) is 0 Å². The van der Waals surface area contributed by atoms with Gasteiger partial charge in [-0.1, -0.05) is 16.8 Å². The minimum absolute atomic E-state index is 0.0391. The molecule has 1 saturated heterocycles. The average molecular weight is 309 g/mol. The van der Waals surface area contributed by atoms with Crippen molar-refractivity contribution < 1.29 is 9.32 Å². The monoisotopic (exact) mass is 308 g/mol. The van der Waals surface area contributed by atoms with Gasteiger partial charge in [0.15, 0.2) is 0 Å². The van der Waals surface area contributed by atoms with Crippen LogP contribution >= 0.6 is 11.6 Å². The molecular formula is C14H17ClN4O2. The van der Waals surface area contributed by atoms with E-state index in [9.17, 15) is 4.79 Å². The maximum atomic E-state index is 12.5. The molecule has 7 heteroatoms. The number of nitrogens with zero attached hydrogens (tertiary/aromatic N) is 4. The number of rotatable bonds is 3. The van der Waals surface area contributed by atoms with Crippen molar-refractivity contribution in [2.75, 3.05) is 6.54 Å². The Labute approximate surface area is 127 Å². The third-order valence-electron chi connectivity index (χ3n) is 3.89. The van der Waals surface area contributed by atoms with Crippen molar-refractivity contribution in [3.8, 4) is 0 Å². The molecule has 0 aliphatic carbocycles. The van der Waals surface area contributed by atoms with Crippen molar-refractivity contribution in [3.05, 3.63) is 34.4 Å². The molecule has 0 radical (unpaired) electrons. The molecule has 0 N–H and O–H groups in total. The molecule has 21 heavy (non-hydrogen) atoms. The first-order valence-electron chi connectivity index (χ1n) is 6.96. The molecule has 2 aromatic heterocycles. The van der Waals surface area contributed by atoms with Crippen LogP contribution in [-0.4, -0.2) is 32.3 Å². The Morgan fingerprint density at radius 2 is 2.33 bits per heavy atom. The highest BCUT2D eigenvalue weighted by atomic mass is 35.5. The zero-order valence-electron chi connectivity index (χ0n) is 12.0. The first-order chi connectivity index (χ1) is 10.1. The second kappa shape index (κ2) is 5.52. The summed E-state index contributed by atoms with van der Waals surface area (Å²) in [5, 5.41) is 8.58. The fraction of sp³-hybridized carbons (Fsp3) is 0.500. The summed E-state index contributed by atoms with van der Waals surface area (Å²) in [6.45, 7) is 4.76. The van der Waals surface area contributed by atoms with E-state index >= 15 is 0 Å². The van der Waals surface area contributed by atoms with E-state index in [1.807, 2.05) is 18.7 Å². The van der Waals surface area contributed by atoms with Crippen LogP contribution in [0.5, 0.6) is 0 Å². The molecule has 1 fully saturated rings. The van der Waals surface area contributed by atoms with E-state index in [0.29, 0.717) is 5.02 Å². The fourth-order valence-corrected chi connectivity index (χ4v) is 3.14. The number of carbonyl (C=O) groups is 1. The lowest BCUT2D eigenvalue weighted by Crippen LogP contribution is -2.33. The highest BCUT2D eigenvalue weighted by Gasteiger charge is 2.33. The molecule has 112 valence electrons. The number of halogens is 1. The lowest BCUT2D eigenvalue weighted by atomic mass is 10.0. The van der Waals surface area contributed by atoms with Gasteiger partial charge in [-0.2, -0.15) is 5.10 Å². The maximum Gasteiger partial charge on any atom is 0.244 e. The van der Waals surface area contributed by atoms with Crippen molar-refractivity contribution in [1.82, 2.24) is 19.8 Å². The number of aryl methyl sites for hydroxylation is 2. The molecule has 0 saturated carbocycles. The standard InChI is InChI=1S/C14H17ClN4O2/c1-9-14(10(2)21-17-9)12-4-3-5-19(12)13(20)8-18-7-11(15)6-16-18/h6-7,12H,3-5,8H2,1-2H3/t12-/m0/s1. The predicted octanol–water partition coefficient (Wildman–Crippen LogP) is 2.51. The second-order valence-electron chi connectivity index (χ2n) is 5.34. The Kier molecular flexibility index (Phi) is 3.71. The van der Waals surface area contributed by atoms with E-state index in [1.165, 1.54) is 6.20 Å². The minimum Gasteiger partial charge on any atom is -0.361 e. The van der Waals surface area contributed by atoms with Crippen LogP contribution in [0.3, 0.4) is 0 Å². The number of aromatic nitrogens is 3. The average Bonchev–Trinajstić information content (AvgIpc) is 3.12. The van der Waals surface area contributed by atoms with Gasteiger partial charge in [0.25, 0.3) is 0 Å². The highest BCUT2D eigenvalue weighted by Crippen LogP contribution is 2.35. The van der Waals surface area contributed by atoms with Crippen molar-refractivity contribution in [2.45, 2.75) is 39.3 Å². The van der Waals surface area contributed by atoms with Gasteiger partial charge in [0.1, 0.15) is 12.3 Å². The van der Waals surface area contributed by atoms with Crippen molar-refractivity contribution in [2.24, 2.45) is 0 Å². The first kappa shape index (κ1) is 14.1. The van der Waals surface area contributed by atoms with Gasteiger partial charge in [0.05, 0.1) is 23.0 Å². The Hall–Kier alpha value is -1.82. The molecule has 1 amide bonds. The molecule has 6 nitrogen and oxygen atoms in total. The normalized spacial score (nSPS) is 18.4. The third kappa shape index (κ3) is 2.68. The Bertz CT molecular complexity index is 644. The number of likely N-dealkylation sites (tertiary alicyclic amines) is 1. The largest absolute Gasteiger partial charge is 0.361 e. The SMILES string of the molecule is Cc1noc(C)c1[C@@H]1CCCN1C(=O)Cn1cc(Cl)cn1. The molecule has 3 rings (SSSR count). The van der Waals surface area contributed by atoms with Crippen LogP contribution in [0.2, 0.25) is 5.02 Å². The zero-order valence-corrected chi connectivity index (χ0v) is 12.8. The van der Waals surface area contributed by atoms with E-state index in [1.54, 1.807) is 10.9 Å². The lowest BCUT2D eigenvalue weighted by Gasteiger charge is -2.24. The fourth-order valence-electron chi connectivity index (χ4n) is 2.99. The molecule has 1 aliphatic heterocycles. The summed E-state index contributed by atoms with van der Waals surface area (Å²) in [5.41, 5.74) is 1.90. The molecule has 2 aromatic rings. The molecule has 0 bridgehead atoms. The summed E-state index contributed by atoms with van der Waals surface area (Å²) in [7, 11) is 0. The summed E-state index contributed by atoms with van der Waals surface area (Å²) < 4.78 is 6.80. The molecule has 0 spiro atoms. The Balaban J connectivity index is 1.79. The quantitative estimate of drug-likeness (QED) is 0.874. The zero-order chi connectivity index (χ0) is 15.0. The summed E-state index contributed by atoms with van der Waals surface area (Å²) >= 11 is 5.83. The van der Waals surface area contributed by atoms with Crippen LogP contribution in [0.15, 0.2) is 16.9 Å². The highest BCUT2D eigenvalue weighted by molar-refractivity contribution is 6.30. The predicted molar refractivity (Wildman–Crippen MR) is 76.9 cm³/mol. The second-order valence-corrected chi connectivity index (χ2v) is 5.78. The number of amides is 1. The van der Waals surface area contributed by atoms with Crippen LogP contribution in [0, 0.1) is 13.8 Å². The van der Waals surface area contributed by atoms with Crippen LogP contribution in [-0.2, 0) is 11.3 Å².